The third kappa shape index (κ3) is 3.58. The van der Waals surface area contributed by atoms with Gasteiger partial charge in [0.05, 0.1) is 13.2 Å². The Morgan fingerprint density at radius 2 is 2.14 bits per heavy atom. The van der Waals surface area contributed by atoms with Crippen LogP contribution in [0.15, 0.2) is 18.2 Å². The number of benzene rings is 1. The predicted molar refractivity (Wildman–Crippen MR) is 86.8 cm³/mol. The molecule has 3 unspecified atom stereocenters. The largest absolute Gasteiger partial charge is 0.497 e. The van der Waals surface area contributed by atoms with E-state index in [1.54, 1.807) is 7.11 Å². The van der Waals surface area contributed by atoms with Gasteiger partial charge in [-0.15, -0.1) is 0 Å². The van der Waals surface area contributed by atoms with E-state index in [1.807, 2.05) is 12.1 Å². The zero-order valence-corrected chi connectivity index (χ0v) is 13.8. The van der Waals surface area contributed by atoms with Crippen molar-refractivity contribution >= 4 is 0 Å². The molecular formula is C18H29NO2. The van der Waals surface area contributed by atoms with Crippen molar-refractivity contribution in [2.45, 2.75) is 52.2 Å². The molecule has 0 saturated carbocycles. The molecule has 1 N–H and O–H groups in total. The maximum atomic E-state index is 10.8. The fraction of sp³-hybridized carbons (Fsp3) is 0.667. The van der Waals surface area contributed by atoms with E-state index in [2.05, 4.69) is 31.7 Å². The van der Waals surface area contributed by atoms with Gasteiger partial charge < -0.3 is 9.84 Å². The SMILES string of the molecule is CCC(C)CN(CC)C1CCc2cc(OC)ccc2C1O. The van der Waals surface area contributed by atoms with Crippen molar-refractivity contribution in [3.8, 4) is 5.75 Å². The lowest BCUT2D eigenvalue weighted by Crippen LogP contribution is -2.44. The molecule has 0 fully saturated rings. The number of aryl methyl sites for hydroxylation is 1. The molecule has 0 bridgehead atoms. The van der Waals surface area contributed by atoms with E-state index in [1.165, 1.54) is 12.0 Å². The van der Waals surface area contributed by atoms with E-state index in [0.717, 1.165) is 37.2 Å². The molecule has 0 aromatic heterocycles. The average molecular weight is 291 g/mol. The molecule has 3 atom stereocenters. The highest BCUT2D eigenvalue weighted by Gasteiger charge is 2.32. The quantitative estimate of drug-likeness (QED) is 0.872. The van der Waals surface area contributed by atoms with Crippen LogP contribution in [0.2, 0.25) is 0 Å². The number of hydrogen-bond acceptors (Lipinski definition) is 3. The van der Waals surface area contributed by atoms with Gasteiger partial charge in [-0.2, -0.15) is 0 Å². The summed E-state index contributed by atoms with van der Waals surface area (Å²) in [6.45, 7) is 8.78. The van der Waals surface area contributed by atoms with Gasteiger partial charge in [-0.05, 0) is 48.6 Å². The molecule has 1 aromatic carbocycles. The number of methoxy groups -OCH3 is 1. The third-order valence-electron chi connectivity index (χ3n) is 4.86. The lowest BCUT2D eigenvalue weighted by Gasteiger charge is -2.39. The zero-order chi connectivity index (χ0) is 15.4. The first kappa shape index (κ1) is 16.3. The normalized spacial score (nSPS) is 23.0. The van der Waals surface area contributed by atoms with E-state index in [4.69, 9.17) is 4.74 Å². The summed E-state index contributed by atoms with van der Waals surface area (Å²) in [5, 5.41) is 10.8. The minimum Gasteiger partial charge on any atom is -0.497 e. The Morgan fingerprint density at radius 3 is 2.76 bits per heavy atom. The zero-order valence-electron chi connectivity index (χ0n) is 13.8. The highest BCUT2D eigenvalue weighted by Crippen LogP contribution is 2.35. The first-order valence-corrected chi connectivity index (χ1v) is 8.19. The maximum Gasteiger partial charge on any atom is 0.119 e. The number of fused-ring (bicyclic) bond motifs is 1. The van der Waals surface area contributed by atoms with Crippen molar-refractivity contribution in [3.05, 3.63) is 29.3 Å². The van der Waals surface area contributed by atoms with Gasteiger partial charge in [0.2, 0.25) is 0 Å². The molecule has 1 aromatic rings. The summed E-state index contributed by atoms with van der Waals surface area (Å²) >= 11 is 0. The van der Waals surface area contributed by atoms with Gasteiger partial charge in [0.1, 0.15) is 5.75 Å². The molecule has 0 heterocycles. The summed E-state index contributed by atoms with van der Waals surface area (Å²) in [6, 6.07) is 6.29. The van der Waals surface area contributed by atoms with Gasteiger partial charge in [-0.1, -0.05) is 33.3 Å². The molecule has 1 aliphatic carbocycles. The van der Waals surface area contributed by atoms with Gasteiger partial charge in [0.25, 0.3) is 0 Å². The number of hydrogen-bond donors (Lipinski definition) is 1. The van der Waals surface area contributed by atoms with Gasteiger partial charge in [0, 0.05) is 12.6 Å². The summed E-state index contributed by atoms with van der Waals surface area (Å²) in [4.78, 5) is 2.45. The summed E-state index contributed by atoms with van der Waals surface area (Å²) in [5.41, 5.74) is 2.31. The Labute approximate surface area is 128 Å². The number of aliphatic hydroxyl groups is 1. The summed E-state index contributed by atoms with van der Waals surface area (Å²) in [5.74, 6) is 1.56. The first-order chi connectivity index (χ1) is 10.1. The fourth-order valence-electron chi connectivity index (χ4n) is 3.29. The molecule has 3 heteroatoms. The average Bonchev–Trinajstić information content (AvgIpc) is 2.52. The van der Waals surface area contributed by atoms with Crippen LogP contribution in [0, 0.1) is 5.92 Å². The highest BCUT2D eigenvalue weighted by molar-refractivity contribution is 5.39. The lowest BCUT2D eigenvalue weighted by molar-refractivity contribution is 0.0313. The molecule has 0 radical (unpaired) electrons. The van der Waals surface area contributed by atoms with Gasteiger partial charge in [-0.3, -0.25) is 4.90 Å². The standard InChI is InChI=1S/C18H29NO2/c1-5-13(3)12-19(6-2)17-10-7-14-11-15(21-4)8-9-16(14)18(17)20/h8-9,11,13,17-18,20H,5-7,10,12H2,1-4H3. The van der Waals surface area contributed by atoms with Crippen LogP contribution < -0.4 is 4.74 Å². The molecule has 0 saturated heterocycles. The van der Waals surface area contributed by atoms with E-state index in [0.29, 0.717) is 5.92 Å². The van der Waals surface area contributed by atoms with E-state index in [9.17, 15) is 5.11 Å². The van der Waals surface area contributed by atoms with Crippen LogP contribution in [-0.4, -0.2) is 36.2 Å². The van der Waals surface area contributed by atoms with Crippen molar-refractivity contribution in [2.24, 2.45) is 5.92 Å². The number of nitrogens with zero attached hydrogens (tertiary/aromatic N) is 1. The van der Waals surface area contributed by atoms with Gasteiger partial charge in [0.15, 0.2) is 0 Å². The smallest absolute Gasteiger partial charge is 0.119 e. The number of aliphatic hydroxyl groups excluding tert-OH is 1. The molecular weight excluding hydrogens is 262 g/mol. The Kier molecular flexibility index (Phi) is 5.65. The van der Waals surface area contributed by atoms with E-state index in [-0.39, 0.29) is 12.1 Å². The second kappa shape index (κ2) is 7.28. The van der Waals surface area contributed by atoms with Gasteiger partial charge >= 0.3 is 0 Å². The van der Waals surface area contributed by atoms with Crippen molar-refractivity contribution in [1.82, 2.24) is 4.90 Å². The minimum absolute atomic E-state index is 0.241. The van der Waals surface area contributed by atoms with Crippen molar-refractivity contribution in [3.63, 3.8) is 0 Å². The summed E-state index contributed by atoms with van der Waals surface area (Å²) in [6.07, 6.45) is 2.84. The molecule has 0 aliphatic heterocycles. The van der Waals surface area contributed by atoms with Crippen molar-refractivity contribution in [1.29, 1.82) is 0 Å². The molecule has 1 aliphatic rings. The number of rotatable bonds is 6. The Morgan fingerprint density at radius 1 is 1.38 bits per heavy atom. The Balaban J connectivity index is 2.16. The topological polar surface area (TPSA) is 32.7 Å². The van der Waals surface area contributed by atoms with Crippen LogP contribution in [0.1, 0.15) is 50.8 Å². The lowest BCUT2D eigenvalue weighted by atomic mass is 9.84. The van der Waals surface area contributed by atoms with Crippen LogP contribution >= 0.6 is 0 Å². The van der Waals surface area contributed by atoms with Crippen LogP contribution in [0.4, 0.5) is 0 Å². The van der Waals surface area contributed by atoms with E-state index >= 15 is 0 Å². The summed E-state index contributed by atoms with van der Waals surface area (Å²) in [7, 11) is 1.69. The molecule has 3 nitrogen and oxygen atoms in total. The van der Waals surface area contributed by atoms with Gasteiger partial charge in [-0.25, -0.2) is 0 Å². The highest BCUT2D eigenvalue weighted by atomic mass is 16.5. The molecule has 0 amide bonds. The third-order valence-corrected chi connectivity index (χ3v) is 4.86. The molecule has 0 spiro atoms. The Bertz CT molecular complexity index is 461. The predicted octanol–water partition coefficient (Wildman–Crippen LogP) is 3.41. The minimum atomic E-state index is -0.385. The molecule has 2 rings (SSSR count). The molecule has 118 valence electrons. The molecule has 21 heavy (non-hydrogen) atoms. The first-order valence-electron chi connectivity index (χ1n) is 8.19. The maximum absolute atomic E-state index is 10.8. The monoisotopic (exact) mass is 291 g/mol. The van der Waals surface area contributed by atoms with Crippen LogP contribution in [0.3, 0.4) is 0 Å². The van der Waals surface area contributed by atoms with Crippen molar-refractivity contribution < 1.29 is 9.84 Å². The van der Waals surface area contributed by atoms with Crippen LogP contribution in [0.5, 0.6) is 5.75 Å². The Hall–Kier alpha value is -1.06. The van der Waals surface area contributed by atoms with Crippen LogP contribution in [-0.2, 0) is 6.42 Å². The van der Waals surface area contributed by atoms with Crippen LogP contribution in [0.25, 0.3) is 0 Å². The number of ether oxygens (including phenoxy) is 1. The second-order valence-corrected chi connectivity index (χ2v) is 6.22. The van der Waals surface area contributed by atoms with E-state index < -0.39 is 0 Å². The fourth-order valence-corrected chi connectivity index (χ4v) is 3.29. The summed E-state index contributed by atoms with van der Waals surface area (Å²) < 4.78 is 5.29. The number of likely N-dealkylation sites (N-methyl/N-ethyl adjacent to an activating group) is 1. The van der Waals surface area contributed by atoms with Crippen molar-refractivity contribution in [2.75, 3.05) is 20.2 Å². The second-order valence-electron chi connectivity index (χ2n) is 6.22.